The highest BCUT2D eigenvalue weighted by molar-refractivity contribution is 5.99. The lowest BCUT2D eigenvalue weighted by Crippen LogP contribution is -2.22. The summed E-state index contributed by atoms with van der Waals surface area (Å²) in [5.74, 6) is -0.358. The third kappa shape index (κ3) is 3.28. The minimum Gasteiger partial charge on any atom is -0.493 e. The van der Waals surface area contributed by atoms with Gasteiger partial charge in [0.25, 0.3) is 5.91 Å². The minimum absolute atomic E-state index is 0.132. The zero-order valence-electron chi connectivity index (χ0n) is 16.6. The number of aromatic nitrogens is 2. The van der Waals surface area contributed by atoms with Crippen LogP contribution >= 0.6 is 0 Å². The first-order valence-electron chi connectivity index (χ1n) is 9.23. The van der Waals surface area contributed by atoms with Gasteiger partial charge in [-0.2, -0.15) is 0 Å². The molecule has 1 atom stereocenters. The first-order chi connectivity index (χ1) is 13.8. The number of aryl methyl sites for hydroxylation is 2. The van der Waals surface area contributed by atoms with E-state index in [0.29, 0.717) is 23.3 Å². The highest BCUT2D eigenvalue weighted by Gasteiger charge is 2.29. The maximum atomic E-state index is 14.5. The second kappa shape index (κ2) is 7.02. The molecule has 2 heterocycles. The zero-order valence-corrected chi connectivity index (χ0v) is 16.6. The van der Waals surface area contributed by atoms with E-state index in [4.69, 9.17) is 9.47 Å². The van der Waals surface area contributed by atoms with Gasteiger partial charge in [0.05, 0.1) is 17.7 Å². The smallest absolute Gasteiger partial charge is 0.253 e. The molecule has 1 aliphatic rings. The molecule has 1 aromatic heterocycles. The Hall–Kier alpha value is -3.16. The number of rotatable bonds is 3. The normalized spacial score (nSPS) is 15.7. The van der Waals surface area contributed by atoms with Crippen molar-refractivity contribution < 1.29 is 23.0 Å². The average Bonchev–Trinajstić information content (AvgIpc) is 2.95. The van der Waals surface area contributed by atoms with E-state index in [2.05, 4.69) is 4.98 Å². The van der Waals surface area contributed by atoms with Crippen LogP contribution in [0.25, 0.3) is 11.0 Å². The molecule has 1 amide bonds. The van der Waals surface area contributed by atoms with Crippen molar-refractivity contribution in [3.8, 4) is 11.5 Å². The van der Waals surface area contributed by atoms with Crippen LogP contribution in [0, 0.1) is 18.6 Å². The molecule has 152 valence electrons. The van der Waals surface area contributed by atoms with Crippen molar-refractivity contribution in [2.45, 2.75) is 19.4 Å². The van der Waals surface area contributed by atoms with Crippen LogP contribution in [0.5, 0.6) is 11.5 Å². The number of amides is 1. The topological polar surface area (TPSA) is 56.6 Å². The van der Waals surface area contributed by atoms with Gasteiger partial charge in [-0.25, -0.2) is 13.8 Å². The van der Waals surface area contributed by atoms with E-state index in [1.165, 1.54) is 4.90 Å². The molecule has 0 radical (unpaired) electrons. The van der Waals surface area contributed by atoms with Crippen LogP contribution in [0.3, 0.4) is 0 Å². The molecule has 0 fully saturated rings. The van der Waals surface area contributed by atoms with Gasteiger partial charge < -0.3 is 18.9 Å². The number of hydrogen-bond donors (Lipinski definition) is 0. The Morgan fingerprint density at radius 1 is 1.28 bits per heavy atom. The number of carbonyl (C=O) groups is 1. The minimum atomic E-state index is -0.723. The molecule has 0 N–H and O–H groups in total. The second-order valence-corrected chi connectivity index (χ2v) is 7.30. The number of halogens is 2. The predicted molar refractivity (Wildman–Crippen MR) is 103 cm³/mol. The van der Waals surface area contributed by atoms with Gasteiger partial charge in [-0.15, -0.1) is 0 Å². The largest absolute Gasteiger partial charge is 0.493 e. The van der Waals surface area contributed by atoms with Gasteiger partial charge in [-0.1, -0.05) is 0 Å². The standard InChI is InChI=1S/C21H21F2N3O3/c1-11-24-20-15(26(11)4)7-12(21(27)25(2)3)8-18(20)29-16-5-6-28-17-10-13(22)9-14(23)19(16)17/h7-10,16H,5-6H2,1-4H3/t16-/m0/s1. The number of imidazole rings is 1. The van der Waals surface area contributed by atoms with E-state index in [1.54, 1.807) is 26.2 Å². The van der Waals surface area contributed by atoms with Crippen molar-refractivity contribution in [3.05, 3.63) is 52.9 Å². The summed E-state index contributed by atoms with van der Waals surface area (Å²) >= 11 is 0. The molecule has 0 aliphatic carbocycles. The molecule has 1 aliphatic heterocycles. The van der Waals surface area contributed by atoms with Gasteiger partial charge in [-0.05, 0) is 19.1 Å². The van der Waals surface area contributed by atoms with E-state index >= 15 is 0 Å². The number of fused-ring (bicyclic) bond motifs is 2. The fourth-order valence-electron chi connectivity index (χ4n) is 3.53. The highest BCUT2D eigenvalue weighted by Crippen LogP contribution is 2.39. The van der Waals surface area contributed by atoms with Crippen LogP contribution in [-0.4, -0.2) is 41.1 Å². The molecule has 6 nitrogen and oxygen atoms in total. The summed E-state index contributed by atoms with van der Waals surface area (Å²) in [4.78, 5) is 18.6. The van der Waals surface area contributed by atoms with Gasteiger partial charge in [0.1, 0.15) is 40.6 Å². The first kappa shape index (κ1) is 19.2. The summed E-state index contributed by atoms with van der Waals surface area (Å²) in [6.45, 7) is 2.12. The summed E-state index contributed by atoms with van der Waals surface area (Å²) in [5.41, 5.74) is 1.92. The van der Waals surface area contributed by atoms with Gasteiger partial charge in [0.15, 0.2) is 0 Å². The average molecular weight is 401 g/mol. The van der Waals surface area contributed by atoms with Crippen LogP contribution in [0.4, 0.5) is 8.78 Å². The molecule has 8 heteroatoms. The van der Waals surface area contributed by atoms with Crippen LogP contribution in [-0.2, 0) is 7.05 Å². The van der Waals surface area contributed by atoms with Gasteiger partial charge in [0.2, 0.25) is 0 Å². The van der Waals surface area contributed by atoms with E-state index in [-0.39, 0.29) is 23.8 Å². The second-order valence-electron chi connectivity index (χ2n) is 7.30. The predicted octanol–water partition coefficient (Wildman–Crippen LogP) is 3.76. The lowest BCUT2D eigenvalue weighted by Gasteiger charge is -2.27. The summed E-state index contributed by atoms with van der Waals surface area (Å²) in [6.07, 6.45) is -0.302. The monoisotopic (exact) mass is 401 g/mol. The Morgan fingerprint density at radius 2 is 2.03 bits per heavy atom. The van der Waals surface area contributed by atoms with Gasteiger partial charge >= 0.3 is 0 Å². The van der Waals surface area contributed by atoms with Gasteiger partial charge in [-0.3, -0.25) is 4.79 Å². The molecule has 3 aromatic rings. The summed E-state index contributed by atoms with van der Waals surface area (Å²) in [6, 6.07) is 5.35. The van der Waals surface area contributed by atoms with E-state index in [1.807, 2.05) is 18.5 Å². The van der Waals surface area contributed by atoms with Crippen molar-refractivity contribution >= 4 is 16.9 Å². The van der Waals surface area contributed by atoms with E-state index < -0.39 is 17.7 Å². The summed E-state index contributed by atoms with van der Waals surface area (Å²) < 4.78 is 41.5. The molecule has 29 heavy (non-hydrogen) atoms. The van der Waals surface area contributed by atoms with Crippen LogP contribution < -0.4 is 9.47 Å². The SMILES string of the molecule is Cc1nc2c(O[C@H]3CCOc4cc(F)cc(F)c43)cc(C(=O)N(C)C)cc2n1C. The van der Waals surface area contributed by atoms with Gasteiger partial charge in [0, 0.05) is 45.3 Å². The van der Waals surface area contributed by atoms with Crippen LogP contribution in [0.2, 0.25) is 0 Å². The van der Waals surface area contributed by atoms with Crippen molar-refractivity contribution in [1.29, 1.82) is 0 Å². The molecular formula is C21H21F2N3O3. The number of benzene rings is 2. The fraction of sp³-hybridized carbons (Fsp3) is 0.333. The van der Waals surface area contributed by atoms with Crippen LogP contribution in [0.1, 0.15) is 34.3 Å². The fourth-order valence-corrected chi connectivity index (χ4v) is 3.53. The first-order valence-corrected chi connectivity index (χ1v) is 9.23. The molecule has 0 bridgehead atoms. The Bertz CT molecular complexity index is 1120. The Kier molecular flexibility index (Phi) is 4.64. The van der Waals surface area contributed by atoms with Crippen molar-refractivity contribution in [2.75, 3.05) is 20.7 Å². The maximum Gasteiger partial charge on any atom is 0.253 e. The Labute approximate surface area is 166 Å². The maximum absolute atomic E-state index is 14.5. The molecule has 2 aromatic carbocycles. The third-order valence-electron chi connectivity index (χ3n) is 5.11. The quantitative estimate of drug-likeness (QED) is 0.671. The molecule has 0 saturated heterocycles. The lowest BCUT2D eigenvalue weighted by atomic mass is 10.0. The van der Waals surface area contributed by atoms with E-state index in [9.17, 15) is 13.6 Å². The Balaban J connectivity index is 1.83. The van der Waals surface area contributed by atoms with Crippen molar-refractivity contribution in [3.63, 3.8) is 0 Å². The lowest BCUT2D eigenvalue weighted by molar-refractivity contribution is 0.0826. The number of ether oxygens (including phenoxy) is 2. The number of hydrogen-bond acceptors (Lipinski definition) is 4. The third-order valence-corrected chi connectivity index (χ3v) is 5.11. The van der Waals surface area contributed by atoms with Crippen molar-refractivity contribution in [1.82, 2.24) is 14.5 Å². The highest BCUT2D eigenvalue weighted by atomic mass is 19.1. The zero-order chi connectivity index (χ0) is 20.9. The van der Waals surface area contributed by atoms with Crippen molar-refractivity contribution in [2.24, 2.45) is 7.05 Å². The molecule has 0 saturated carbocycles. The Morgan fingerprint density at radius 3 is 2.76 bits per heavy atom. The number of carbonyl (C=O) groups excluding carboxylic acids is 1. The van der Waals surface area contributed by atoms with Crippen LogP contribution in [0.15, 0.2) is 24.3 Å². The molecule has 0 unspecified atom stereocenters. The summed E-state index contributed by atoms with van der Waals surface area (Å²) in [7, 11) is 5.19. The molecule has 0 spiro atoms. The van der Waals surface area contributed by atoms with E-state index in [0.717, 1.165) is 23.5 Å². The molecule has 4 rings (SSSR count). The summed E-state index contributed by atoms with van der Waals surface area (Å²) in [5, 5.41) is 0. The number of nitrogens with zero attached hydrogens (tertiary/aromatic N) is 3. The molecular weight excluding hydrogens is 380 g/mol.